The highest BCUT2D eigenvalue weighted by Gasteiger charge is 2.04. The number of nitrogens with one attached hydrogen (secondary N) is 2. The van der Waals surface area contributed by atoms with Crippen LogP contribution >= 0.6 is 0 Å². The molecule has 0 saturated heterocycles. The second-order valence-electron chi connectivity index (χ2n) is 4.67. The van der Waals surface area contributed by atoms with Crippen LogP contribution in [0.15, 0.2) is 24.3 Å². The maximum absolute atomic E-state index is 11.6. The second-order valence-corrected chi connectivity index (χ2v) is 4.67. The van der Waals surface area contributed by atoms with Crippen LogP contribution in [0.25, 0.3) is 0 Å². The lowest BCUT2D eigenvalue weighted by molar-refractivity contribution is -0.123. The predicted molar refractivity (Wildman–Crippen MR) is 83.2 cm³/mol. The van der Waals surface area contributed by atoms with Crippen molar-refractivity contribution in [1.82, 2.24) is 15.5 Å². The zero-order valence-corrected chi connectivity index (χ0v) is 13.2. The molecule has 0 aliphatic carbocycles. The summed E-state index contributed by atoms with van der Waals surface area (Å²) in [4.78, 5) is 24.2. The van der Waals surface area contributed by atoms with Crippen LogP contribution in [0.2, 0.25) is 0 Å². The second kappa shape index (κ2) is 9.49. The first-order valence-electron chi connectivity index (χ1n) is 7.10. The Morgan fingerprint density at radius 2 is 1.55 bits per heavy atom. The van der Waals surface area contributed by atoms with Crippen LogP contribution in [0.4, 0.5) is 4.79 Å². The first-order chi connectivity index (χ1) is 10.5. The topological polar surface area (TPSA) is 79.9 Å². The van der Waals surface area contributed by atoms with Crippen LogP contribution in [-0.4, -0.2) is 57.2 Å². The molecule has 22 heavy (non-hydrogen) atoms. The molecule has 0 radical (unpaired) electrons. The molecule has 7 nitrogen and oxygen atoms in total. The van der Waals surface area contributed by atoms with Crippen LogP contribution in [0, 0.1) is 0 Å². The Morgan fingerprint density at radius 1 is 1.00 bits per heavy atom. The molecule has 122 valence electrons. The number of urea groups is 1. The van der Waals surface area contributed by atoms with E-state index in [2.05, 4.69) is 10.6 Å². The van der Waals surface area contributed by atoms with Gasteiger partial charge < -0.3 is 25.0 Å². The third-order valence-electron chi connectivity index (χ3n) is 2.63. The normalized spacial score (nSPS) is 9.77. The fourth-order valence-electron chi connectivity index (χ4n) is 1.53. The molecule has 0 saturated carbocycles. The summed E-state index contributed by atoms with van der Waals surface area (Å²) in [5.74, 6) is 1.11. The average Bonchev–Trinajstić information content (AvgIpc) is 2.50. The van der Waals surface area contributed by atoms with Gasteiger partial charge in [0.05, 0.1) is 6.61 Å². The van der Waals surface area contributed by atoms with E-state index in [1.165, 1.54) is 4.90 Å². The quantitative estimate of drug-likeness (QED) is 0.698. The van der Waals surface area contributed by atoms with E-state index in [0.29, 0.717) is 25.4 Å². The lowest BCUT2D eigenvalue weighted by Crippen LogP contribution is -2.40. The number of hydrogen-bond acceptors (Lipinski definition) is 4. The lowest BCUT2D eigenvalue weighted by Gasteiger charge is -2.12. The minimum absolute atomic E-state index is 0.0738. The third-order valence-corrected chi connectivity index (χ3v) is 2.63. The van der Waals surface area contributed by atoms with Crippen LogP contribution in [-0.2, 0) is 4.79 Å². The number of amides is 3. The van der Waals surface area contributed by atoms with E-state index >= 15 is 0 Å². The van der Waals surface area contributed by atoms with Gasteiger partial charge in [0.15, 0.2) is 6.61 Å². The van der Waals surface area contributed by atoms with Crippen molar-refractivity contribution in [3.63, 3.8) is 0 Å². The highest BCUT2D eigenvalue weighted by Crippen LogP contribution is 2.17. The monoisotopic (exact) mass is 309 g/mol. The van der Waals surface area contributed by atoms with Gasteiger partial charge in [0.25, 0.3) is 5.91 Å². The Bertz CT molecular complexity index is 474. The van der Waals surface area contributed by atoms with Crippen LogP contribution in [0.1, 0.15) is 6.92 Å². The minimum atomic E-state index is -0.243. The molecule has 0 heterocycles. The van der Waals surface area contributed by atoms with E-state index in [-0.39, 0.29) is 18.5 Å². The van der Waals surface area contributed by atoms with Crippen molar-refractivity contribution >= 4 is 11.9 Å². The molecule has 3 amide bonds. The Balaban J connectivity index is 2.18. The molecule has 2 N–H and O–H groups in total. The van der Waals surface area contributed by atoms with Crippen molar-refractivity contribution in [3.8, 4) is 11.5 Å². The van der Waals surface area contributed by atoms with Crippen molar-refractivity contribution in [2.24, 2.45) is 0 Å². The molecule has 1 aromatic rings. The summed E-state index contributed by atoms with van der Waals surface area (Å²) < 4.78 is 10.7. The van der Waals surface area contributed by atoms with Gasteiger partial charge in [-0.1, -0.05) is 0 Å². The standard InChI is InChI=1S/C15H23N3O4/c1-4-21-12-5-7-13(8-6-12)22-11-14(19)16-9-10-17-15(20)18(2)3/h5-8H,4,9-11H2,1-3H3,(H,16,19)(H,17,20). The van der Waals surface area contributed by atoms with Crippen LogP contribution in [0.5, 0.6) is 11.5 Å². The zero-order chi connectivity index (χ0) is 16.4. The summed E-state index contributed by atoms with van der Waals surface area (Å²) in [6.07, 6.45) is 0. The number of carbonyl (C=O) groups excluding carboxylic acids is 2. The zero-order valence-electron chi connectivity index (χ0n) is 13.2. The Kier molecular flexibility index (Phi) is 7.60. The van der Waals surface area contributed by atoms with Gasteiger partial charge in [-0.05, 0) is 31.2 Å². The third kappa shape index (κ3) is 6.83. The van der Waals surface area contributed by atoms with Crippen molar-refractivity contribution in [2.45, 2.75) is 6.92 Å². The number of carbonyl (C=O) groups is 2. The summed E-state index contributed by atoms with van der Waals surface area (Å²) in [6, 6.07) is 6.87. The Morgan fingerprint density at radius 3 is 2.09 bits per heavy atom. The Labute approximate surface area is 130 Å². The maximum Gasteiger partial charge on any atom is 0.316 e. The van der Waals surface area contributed by atoms with Gasteiger partial charge in [-0.15, -0.1) is 0 Å². The lowest BCUT2D eigenvalue weighted by atomic mass is 10.3. The molecule has 7 heteroatoms. The molecule has 0 aliphatic heterocycles. The Hall–Kier alpha value is -2.44. The minimum Gasteiger partial charge on any atom is -0.494 e. The molecular weight excluding hydrogens is 286 g/mol. The summed E-state index contributed by atoms with van der Waals surface area (Å²) >= 11 is 0. The van der Waals surface area contributed by atoms with E-state index in [1.54, 1.807) is 38.4 Å². The van der Waals surface area contributed by atoms with Crippen molar-refractivity contribution < 1.29 is 19.1 Å². The fraction of sp³-hybridized carbons (Fsp3) is 0.467. The molecular formula is C15H23N3O4. The van der Waals surface area contributed by atoms with E-state index in [0.717, 1.165) is 5.75 Å². The first kappa shape index (κ1) is 17.6. The molecule has 0 spiro atoms. The smallest absolute Gasteiger partial charge is 0.316 e. The van der Waals surface area contributed by atoms with Crippen molar-refractivity contribution in [1.29, 1.82) is 0 Å². The number of nitrogens with zero attached hydrogens (tertiary/aromatic N) is 1. The van der Waals surface area contributed by atoms with Gasteiger partial charge in [-0.3, -0.25) is 4.79 Å². The highest BCUT2D eigenvalue weighted by molar-refractivity contribution is 5.77. The number of hydrogen-bond donors (Lipinski definition) is 2. The van der Waals surface area contributed by atoms with Gasteiger partial charge in [0.1, 0.15) is 11.5 Å². The summed E-state index contributed by atoms with van der Waals surface area (Å²) in [5.41, 5.74) is 0. The molecule has 0 unspecified atom stereocenters. The van der Waals surface area contributed by atoms with Crippen molar-refractivity contribution in [3.05, 3.63) is 24.3 Å². The maximum atomic E-state index is 11.6. The number of benzene rings is 1. The summed E-state index contributed by atoms with van der Waals surface area (Å²) in [7, 11) is 3.30. The van der Waals surface area contributed by atoms with Gasteiger partial charge in [0.2, 0.25) is 0 Å². The van der Waals surface area contributed by atoms with E-state index in [9.17, 15) is 9.59 Å². The summed E-state index contributed by atoms with van der Waals surface area (Å²) in [6.45, 7) is 3.16. The highest BCUT2D eigenvalue weighted by atomic mass is 16.5. The fourth-order valence-corrected chi connectivity index (χ4v) is 1.53. The molecule has 0 atom stereocenters. The van der Waals surface area contributed by atoms with E-state index < -0.39 is 0 Å². The molecule has 0 bridgehead atoms. The van der Waals surface area contributed by atoms with Gasteiger partial charge in [0, 0.05) is 27.2 Å². The van der Waals surface area contributed by atoms with Crippen LogP contribution in [0.3, 0.4) is 0 Å². The largest absolute Gasteiger partial charge is 0.494 e. The van der Waals surface area contributed by atoms with Crippen LogP contribution < -0.4 is 20.1 Å². The molecule has 0 aliphatic rings. The van der Waals surface area contributed by atoms with Gasteiger partial charge in [-0.25, -0.2) is 4.79 Å². The summed E-state index contributed by atoms with van der Waals surface area (Å²) in [5, 5.41) is 5.30. The van der Waals surface area contributed by atoms with Gasteiger partial charge >= 0.3 is 6.03 Å². The van der Waals surface area contributed by atoms with Crippen molar-refractivity contribution in [2.75, 3.05) is 40.4 Å². The van der Waals surface area contributed by atoms with Gasteiger partial charge in [-0.2, -0.15) is 0 Å². The molecule has 1 rings (SSSR count). The predicted octanol–water partition coefficient (Wildman–Crippen LogP) is 0.851. The average molecular weight is 309 g/mol. The van der Waals surface area contributed by atoms with E-state index in [1.807, 2.05) is 6.92 Å². The number of rotatable bonds is 8. The number of ether oxygens (including phenoxy) is 2. The SMILES string of the molecule is CCOc1ccc(OCC(=O)NCCNC(=O)N(C)C)cc1. The molecule has 0 aromatic heterocycles. The first-order valence-corrected chi connectivity index (χ1v) is 7.10. The molecule has 1 aromatic carbocycles. The van der Waals surface area contributed by atoms with E-state index in [4.69, 9.17) is 9.47 Å². The molecule has 0 fully saturated rings.